The molecule has 0 saturated heterocycles. The number of aliphatic hydroxyl groups is 1. The van der Waals surface area contributed by atoms with Gasteiger partial charge in [-0.15, -0.1) is 0 Å². The van der Waals surface area contributed by atoms with Crippen LogP contribution in [0.25, 0.3) is 0 Å². The fourth-order valence-electron chi connectivity index (χ4n) is 2.54. The molecule has 0 atom stereocenters. The summed E-state index contributed by atoms with van der Waals surface area (Å²) in [7, 11) is 0. The van der Waals surface area contributed by atoms with Gasteiger partial charge in [0.1, 0.15) is 12.4 Å². The standard InChI is InChI=1S/C16H24N2O3/c1-2-7-18(8-10-19)9-11-21-14-4-5-15-13(12-14)3-6-16(20)17-15/h4-5,12,19H,2-3,6-11H2,1H3,(H,17,20). The van der Waals surface area contributed by atoms with Crippen LogP contribution < -0.4 is 10.1 Å². The van der Waals surface area contributed by atoms with Crippen LogP contribution in [0.1, 0.15) is 25.3 Å². The lowest BCUT2D eigenvalue weighted by Gasteiger charge is -2.21. The molecule has 0 radical (unpaired) electrons. The van der Waals surface area contributed by atoms with E-state index in [1.807, 2.05) is 18.2 Å². The fourth-order valence-corrected chi connectivity index (χ4v) is 2.54. The maximum atomic E-state index is 11.3. The third-order valence-electron chi connectivity index (χ3n) is 3.60. The molecule has 5 heteroatoms. The highest BCUT2D eigenvalue weighted by Gasteiger charge is 2.15. The molecule has 1 aliphatic rings. The lowest BCUT2D eigenvalue weighted by molar-refractivity contribution is -0.116. The molecule has 0 fully saturated rings. The Hall–Kier alpha value is -1.59. The number of fused-ring (bicyclic) bond motifs is 1. The first kappa shape index (κ1) is 15.8. The van der Waals surface area contributed by atoms with Crippen molar-refractivity contribution in [2.24, 2.45) is 0 Å². The second-order valence-corrected chi connectivity index (χ2v) is 5.28. The van der Waals surface area contributed by atoms with Crippen LogP contribution in [-0.4, -0.2) is 48.8 Å². The summed E-state index contributed by atoms with van der Waals surface area (Å²) in [6.07, 6.45) is 2.38. The minimum absolute atomic E-state index is 0.0791. The Morgan fingerprint density at radius 3 is 2.90 bits per heavy atom. The second-order valence-electron chi connectivity index (χ2n) is 5.28. The summed E-state index contributed by atoms with van der Waals surface area (Å²) in [6, 6.07) is 5.80. The van der Waals surface area contributed by atoms with Crippen molar-refractivity contribution in [1.82, 2.24) is 4.90 Å². The molecule has 0 spiro atoms. The number of ether oxygens (including phenoxy) is 1. The Morgan fingerprint density at radius 2 is 2.14 bits per heavy atom. The molecule has 116 valence electrons. The molecule has 1 aromatic carbocycles. The molecule has 5 nitrogen and oxygen atoms in total. The maximum Gasteiger partial charge on any atom is 0.224 e. The highest BCUT2D eigenvalue weighted by atomic mass is 16.5. The van der Waals surface area contributed by atoms with Crippen LogP contribution in [0.2, 0.25) is 0 Å². The van der Waals surface area contributed by atoms with Crippen LogP contribution >= 0.6 is 0 Å². The van der Waals surface area contributed by atoms with Crippen molar-refractivity contribution in [2.45, 2.75) is 26.2 Å². The minimum atomic E-state index is 0.0791. The van der Waals surface area contributed by atoms with Crippen molar-refractivity contribution in [3.63, 3.8) is 0 Å². The molecule has 1 amide bonds. The van der Waals surface area contributed by atoms with E-state index in [1.165, 1.54) is 0 Å². The van der Waals surface area contributed by atoms with Gasteiger partial charge in [0.25, 0.3) is 0 Å². The number of amides is 1. The van der Waals surface area contributed by atoms with E-state index in [2.05, 4.69) is 17.1 Å². The summed E-state index contributed by atoms with van der Waals surface area (Å²) in [5, 5.41) is 11.9. The van der Waals surface area contributed by atoms with Gasteiger partial charge in [-0.3, -0.25) is 9.69 Å². The third-order valence-corrected chi connectivity index (χ3v) is 3.60. The zero-order valence-corrected chi connectivity index (χ0v) is 12.6. The predicted octanol–water partition coefficient (Wildman–Crippen LogP) is 1.65. The van der Waals surface area contributed by atoms with E-state index < -0.39 is 0 Å². The first-order valence-electron chi connectivity index (χ1n) is 7.61. The molecule has 1 heterocycles. The highest BCUT2D eigenvalue weighted by molar-refractivity contribution is 5.93. The van der Waals surface area contributed by atoms with Crippen molar-refractivity contribution in [1.29, 1.82) is 0 Å². The number of anilines is 1. The van der Waals surface area contributed by atoms with Gasteiger partial charge < -0.3 is 15.2 Å². The lowest BCUT2D eigenvalue weighted by Crippen LogP contribution is -2.31. The number of aliphatic hydroxyl groups excluding tert-OH is 1. The molecule has 21 heavy (non-hydrogen) atoms. The number of nitrogens with one attached hydrogen (secondary N) is 1. The predicted molar refractivity (Wildman–Crippen MR) is 82.7 cm³/mol. The Kier molecular flexibility index (Phi) is 6.02. The number of benzene rings is 1. The van der Waals surface area contributed by atoms with Gasteiger partial charge in [-0.25, -0.2) is 0 Å². The van der Waals surface area contributed by atoms with Crippen molar-refractivity contribution >= 4 is 11.6 Å². The van der Waals surface area contributed by atoms with Crippen molar-refractivity contribution < 1.29 is 14.6 Å². The number of hydrogen-bond acceptors (Lipinski definition) is 4. The van der Waals surface area contributed by atoms with Crippen LogP contribution in [0.3, 0.4) is 0 Å². The van der Waals surface area contributed by atoms with Crippen molar-refractivity contribution in [3.8, 4) is 5.75 Å². The van der Waals surface area contributed by atoms with Gasteiger partial charge in [0.15, 0.2) is 0 Å². The van der Waals surface area contributed by atoms with Gasteiger partial charge in [0, 0.05) is 25.2 Å². The molecular formula is C16H24N2O3. The van der Waals surface area contributed by atoms with Crippen LogP contribution in [0.4, 0.5) is 5.69 Å². The molecule has 1 aromatic rings. The summed E-state index contributed by atoms with van der Waals surface area (Å²) in [4.78, 5) is 13.5. The van der Waals surface area contributed by atoms with Crippen LogP contribution in [0.15, 0.2) is 18.2 Å². The topological polar surface area (TPSA) is 61.8 Å². The highest BCUT2D eigenvalue weighted by Crippen LogP contribution is 2.26. The Bertz CT molecular complexity index is 471. The second kappa shape index (κ2) is 8.00. The minimum Gasteiger partial charge on any atom is -0.492 e. The van der Waals surface area contributed by atoms with Crippen LogP contribution in [0.5, 0.6) is 5.75 Å². The quantitative estimate of drug-likeness (QED) is 0.765. The average Bonchev–Trinajstić information content (AvgIpc) is 2.48. The molecular weight excluding hydrogens is 268 g/mol. The maximum absolute atomic E-state index is 11.3. The van der Waals surface area contributed by atoms with Crippen LogP contribution in [0, 0.1) is 0 Å². The molecule has 2 rings (SSSR count). The van der Waals surface area contributed by atoms with E-state index in [1.54, 1.807) is 0 Å². The summed E-state index contributed by atoms with van der Waals surface area (Å²) in [5.41, 5.74) is 2.03. The van der Waals surface area contributed by atoms with Crippen molar-refractivity contribution in [3.05, 3.63) is 23.8 Å². The van der Waals surface area contributed by atoms with E-state index in [0.29, 0.717) is 19.6 Å². The van der Waals surface area contributed by atoms with Crippen molar-refractivity contribution in [2.75, 3.05) is 38.2 Å². The van der Waals surface area contributed by atoms with Gasteiger partial charge in [0.05, 0.1) is 6.61 Å². The van der Waals surface area contributed by atoms with E-state index in [0.717, 1.165) is 42.9 Å². The Labute approximate surface area is 125 Å². The number of carbonyl (C=O) groups excluding carboxylic acids is 1. The zero-order valence-electron chi connectivity index (χ0n) is 12.6. The molecule has 0 saturated carbocycles. The summed E-state index contributed by atoms with van der Waals surface area (Å²) in [6.45, 7) is 5.38. The van der Waals surface area contributed by atoms with Gasteiger partial charge in [0.2, 0.25) is 5.91 Å². The zero-order chi connectivity index (χ0) is 15.1. The summed E-state index contributed by atoms with van der Waals surface area (Å²) < 4.78 is 5.79. The van der Waals surface area contributed by atoms with Gasteiger partial charge >= 0.3 is 0 Å². The molecule has 0 aromatic heterocycles. The first-order chi connectivity index (χ1) is 10.2. The first-order valence-corrected chi connectivity index (χ1v) is 7.61. The smallest absolute Gasteiger partial charge is 0.224 e. The number of carbonyl (C=O) groups is 1. The van der Waals surface area contributed by atoms with Gasteiger partial charge in [-0.2, -0.15) is 0 Å². The molecule has 0 bridgehead atoms. The SMILES string of the molecule is CCCN(CCO)CCOc1ccc2c(c1)CCC(=O)N2. The third kappa shape index (κ3) is 4.72. The van der Waals surface area contributed by atoms with Gasteiger partial charge in [-0.1, -0.05) is 6.92 Å². The number of nitrogens with zero attached hydrogens (tertiary/aromatic N) is 1. The summed E-state index contributed by atoms with van der Waals surface area (Å²) >= 11 is 0. The van der Waals surface area contributed by atoms with E-state index in [4.69, 9.17) is 9.84 Å². The number of hydrogen-bond donors (Lipinski definition) is 2. The molecule has 0 unspecified atom stereocenters. The van der Waals surface area contributed by atoms with E-state index in [9.17, 15) is 4.79 Å². The lowest BCUT2D eigenvalue weighted by atomic mass is 10.0. The van der Waals surface area contributed by atoms with Crippen LogP contribution in [-0.2, 0) is 11.2 Å². The normalized spacial score (nSPS) is 14.0. The van der Waals surface area contributed by atoms with Gasteiger partial charge in [-0.05, 0) is 43.1 Å². The largest absolute Gasteiger partial charge is 0.492 e. The fraction of sp³-hybridized carbons (Fsp3) is 0.562. The Balaban J connectivity index is 1.84. The van der Waals surface area contributed by atoms with E-state index >= 15 is 0 Å². The number of rotatable bonds is 8. The monoisotopic (exact) mass is 292 g/mol. The summed E-state index contributed by atoms with van der Waals surface area (Å²) in [5.74, 6) is 0.917. The molecule has 0 aliphatic carbocycles. The Morgan fingerprint density at radius 1 is 1.29 bits per heavy atom. The van der Waals surface area contributed by atoms with E-state index in [-0.39, 0.29) is 12.5 Å². The number of aryl methyl sites for hydroxylation is 1. The molecule has 2 N–H and O–H groups in total. The molecule has 1 aliphatic heterocycles. The average molecular weight is 292 g/mol.